The monoisotopic (exact) mass is 568 g/mol. The fraction of sp³-hybridized carbons (Fsp3) is 0.276. The number of hydrogen-bond acceptors (Lipinski definition) is 6. The average molecular weight is 569 g/mol. The molecular weight excluding hydrogens is 544 g/mol. The average Bonchev–Trinajstić information content (AvgIpc) is 3.77. The van der Waals surface area contributed by atoms with Crippen LogP contribution in [0, 0.1) is 5.82 Å². The summed E-state index contributed by atoms with van der Waals surface area (Å²) in [7, 11) is 0. The van der Waals surface area contributed by atoms with Gasteiger partial charge in [0.15, 0.2) is 5.75 Å². The molecule has 0 unspecified atom stereocenters. The van der Waals surface area contributed by atoms with Gasteiger partial charge in [0.1, 0.15) is 17.7 Å². The second-order valence-corrected chi connectivity index (χ2v) is 9.94. The Morgan fingerprint density at radius 3 is 2.49 bits per heavy atom. The molecule has 8 nitrogen and oxygen atoms in total. The first-order valence-electron chi connectivity index (χ1n) is 13.0. The Bertz CT molecular complexity index is 1690. The number of aromatic nitrogens is 2. The van der Waals surface area contributed by atoms with E-state index in [2.05, 4.69) is 15.0 Å². The maximum Gasteiger partial charge on any atom is 0.573 e. The highest BCUT2D eigenvalue weighted by atomic mass is 19.4. The summed E-state index contributed by atoms with van der Waals surface area (Å²) in [5.74, 6) is -1.48. The van der Waals surface area contributed by atoms with E-state index in [1.165, 1.54) is 30.6 Å². The Morgan fingerprint density at radius 2 is 1.78 bits per heavy atom. The predicted octanol–water partition coefficient (Wildman–Crippen LogP) is 4.89. The van der Waals surface area contributed by atoms with Gasteiger partial charge in [-0.05, 0) is 54.8 Å². The number of benzene rings is 3. The maximum atomic E-state index is 14.3. The summed E-state index contributed by atoms with van der Waals surface area (Å²) in [4.78, 5) is 33.1. The zero-order valence-corrected chi connectivity index (χ0v) is 21.6. The quantitative estimate of drug-likeness (QED) is 0.334. The number of rotatable bonds is 6. The van der Waals surface area contributed by atoms with Crippen molar-refractivity contribution in [1.82, 2.24) is 14.5 Å². The van der Waals surface area contributed by atoms with Crippen LogP contribution in [0.15, 0.2) is 71.8 Å². The highest BCUT2D eigenvalue weighted by Gasteiger charge is 2.54. The van der Waals surface area contributed by atoms with E-state index >= 15 is 0 Å². The van der Waals surface area contributed by atoms with Gasteiger partial charge in [-0.1, -0.05) is 24.3 Å². The van der Waals surface area contributed by atoms with Crippen molar-refractivity contribution >= 4 is 22.5 Å². The summed E-state index contributed by atoms with van der Waals surface area (Å²) < 4.78 is 64.6. The smallest absolute Gasteiger partial charge is 0.404 e. The Hall–Kier alpha value is -4.29. The van der Waals surface area contributed by atoms with Crippen LogP contribution in [-0.4, -0.2) is 58.6 Å². The topological polar surface area (TPSA) is 85.7 Å². The summed E-state index contributed by atoms with van der Waals surface area (Å²) in [5.41, 5.74) is -0.177. The number of amides is 1. The minimum atomic E-state index is -5.00. The van der Waals surface area contributed by atoms with Crippen LogP contribution in [0.1, 0.15) is 12.8 Å². The molecule has 4 aromatic rings. The lowest BCUT2D eigenvalue weighted by molar-refractivity contribution is -0.274. The molecular formula is C29H24F4N4O4. The van der Waals surface area contributed by atoms with E-state index in [1.807, 2.05) is 4.90 Å². The van der Waals surface area contributed by atoms with Gasteiger partial charge in [0.05, 0.1) is 35.5 Å². The Morgan fingerprint density at radius 1 is 1.02 bits per heavy atom. The fourth-order valence-corrected chi connectivity index (χ4v) is 5.18. The van der Waals surface area contributed by atoms with Crippen molar-refractivity contribution in [3.05, 3.63) is 83.2 Å². The molecule has 1 saturated carbocycles. The van der Waals surface area contributed by atoms with Crippen LogP contribution in [0.2, 0.25) is 0 Å². The number of carbonyl (C=O) groups is 1. The Balaban J connectivity index is 1.35. The molecule has 1 aromatic heterocycles. The first-order chi connectivity index (χ1) is 19.6. The number of anilines is 1. The molecule has 1 amide bonds. The number of fused-ring (bicyclic) bond motifs is 1. The van der Waals surface area contributed by atoms with Gasteiger partial charge in [0.25, 0.3) is 5.56 Å². The molecule has 2 fully saturated rings. The minimum Gasteiger partial charge on any atom is -0.404 e. The molecule has 2 heterocycles. The van der Waals surface area contributed by atoms with Crippen LogP contribution in [0.5, 0.6) is 5.75 Å². The summed E-state index contributed by atoms with van der Waals surface area (Å²) in [5, 5.41) is 2.83. The standard InChI is InChI=1S/C29H24F4N4O4/c30-22-4-2-1-3-20(22)18-5-7-21-23(15-18)34-17-37(26(21)38)19-6-8-25(41-29(31,32)33)24(16-19)35-27(39)28(9-10-28)36-11-13-40-14-12-36/h1-8,15-17H,9-14H2,(H,35,39). The highest BCUT2D eigenvalue weighted by molar-refractivity contribution is 6.01. The third-order valence-corrected chi connectivity index (χ3v) is 7.42. The number of nitrogens with one attached hydrogen (secondary N) is 1. The molecule has 212 valence electrons. The zero-order valence-electron chi connectivity index (χ0n) is 21.6. The van der Waals surface area contributed by atoms with E-state index in [0.29, 0.717) is 55.8 Å². The SMILES string of the molecule is O=C(Nc1cc(-n2cnc3cc(-c4ccccc4F)ccc3c2=O)ccc1OC(F)(F)F)C1(N2CCOCC2)CC1. The predicted molar refractivity (Wildman–Crippen MR) is 142 cm³/mol. The van der Waals surface area contributed by atoms with Crippen molar-refractivity contribution in [2.24, 2.45) is 0 Å². The third kappa shape index (κ3) is 5.27. The molecule has 6 rings (SSSR count). The van der Waals surface area contributed by atoms with Gasteiger partial charge in [-0.15, -0.1) is 13.2 Å². The molecule has 41 heavy (non-hydrogen) atoms. The van der Waals surface area contributed by atoms with Crippen LogP contribution in [0.4, 0.5) is 23.2 Å². The molecule has 0 atom stereocenters. The molecule has 0 radical (unpaired) electrons. The second kappa shape index (κ2) is 10.3. The molecule has 0 bridgehead atoms. The first-order valence-corrected chi connectivity index (χ1v) is 13.0. The summed E-state index contributed by atoms with van der Waals surface area (Å²) in [6.07, 6.45) is -2.63. The molecule has 3 aromatic carbocycles. The van der Waals surface area contributed by atoms with Crippen LogP contribution >= 0.6 is 0 Å². The molecule has 12 heteroatoms. The van der Waals surface area contributed by atoms with Crippen molar-refractivity contribution < 1.29 is 31.8 Å². The molecule has 1 aliphatic carbocycles. The summed E-state index contributed by atoms with van der Waals surface area (Å²) >= 11 is 0. The van der Waals surface area contributed by atoms with E-state index in [9.17, 15) is 27.2 Å². The van der Waals surface area contributed by atoms with Crippen molar-refractivity contribution in [3.63, 3.8) is 0 Å². The van der Waals surface area contributed by atoms with Gasteiger partial charge in [0, 0.05) is 18.7 Å². The number of halogens is 4. The molecule has 0 spiro atoms. The van der Waals surface area contributed by atoms with Gasteiger partial charge in [-0.25, -0.2) is 9.37 Å². The molecule has 2 aliphatic rings. The summed E-state index contributed by atoms with van der Waals surface area (Å²) in [6, 6.07) is 14.5. The minimum absolute atomic E-state index is 0.170. The largest absolute Gasteiger partial charge is 0.573 e. The number of carbonyl (C=O) groups excluding carboxylic acids is 1. The van der Waals surface area contributed by atoms with Gasteiger partial charge >= 0.3 is 6.36 Å². The molecule has 1 aliphatic heterocycles. The maximum absolute atomic E-state index is 14.3. The second-order valence-electron chi connectivity index (χ2n) is 9.94. The van der Waals surface area contributed by atoms with Gasteiger partial charge in [0.2, 0.25) is 5.91 Å². The lowest BCUT2D eigenvalue weighted by Gasteiger charge is -2.34. The Kier molecular flexibility index (Phi) is 6.74. The van der Waals surface area contributed by atoms with Crippen LogP contribution in [0.25, 0.3) is 27.7 Å². The first kappa shape index (κ1) is 26.9. The van der Waals surface area contributed by atoms with Crippen molar-refractivity contribution in [3.8, 4) is 22.6 Å². The van der Waals surface area contributed by atoms with E-state index < -0.39 is 34.9 Å². The number of morpholine rings is 1. The van der Waals surface area contributed by atoms with E-state index in [0.717, 1.165) is 10.6 Å². The lowest BCUT2D eigenvalue weighted by atomic mass is 10.0. The van der Waals surface area contributed by atoms with E-state index in [4.69, 9.17) is 4.74 Å². The van der Waals surface area contributed by atoms with Crippen molar-refractivity contribution in [2.75, 3.05) is 31.6 Å². The van der Waals surface area contributed by atoms with E-state index in [-0.39, 0.29) is 16.8 Å². The number of ether oxygens (including phenoxy) is 2. The summed E-state index contributed by atoms with van der Waals surface area (Å²) in [6.45, 7) is 2.01. The molecule has 1 saturated heterocycles. The van der Waals surface area contributed by atoms with Crippen LogP contribution in [0.3, 0.4) is 0 Å². The van der Waals surface area contributed by atoms with E-state index in [1.54, 1.807) is 30.3 Å². The normalized spacial score (nSPS) is 16.9. The number of hydrogen-bond donors (Lipinski definition) is 1. The number of nitrogens with zero attached hydrogens (tertiary/aromatic N) is 3. The lowest BCUT2D eigenvalue weighted by Crippen LogP contribution is -2.51. The fourth-order valence-electron chi connectivity index (χ4n) is 5.18. The van der Waals surface area contributed by atoms with Crippen molar-refractivity contribution in [2.45, 2.75) is 24.7 Å². The third-order valence-electron chi connectivity index (χ3n) is 7.42. The van der Waals surface area contributed by atoms with Crippen molar-refractivity contribution in [1.29, 1.82) is 0 Å². The Labute approximate surface area is 231 Å². The van der Waals surface area contributed by atoms with Gasteiger partial charge in [-0.2, -0.15) is 0 Å². The molecule has 1 N–H and O–H groups in total. The zero-order chi connectivity index (χ0) is 28.8. The van der Waals surface area contributed by atoms with Gasteiger partial charge < -0.3 is 14.8 Å². The highest BCUT2D eigenvalue weighted by Crippen LogP contribution is 2.44. The number of alkyl halides is 3. The van der Waals surface area contributed by atoms with Gasteiger partial charge in [-0.3, -0.25) is 19.1 Å². The van der Waals surface area contributed by atoms with Crippen LogP contribution < -0.4 is 15.6 Å². The van der Waals surface area contributed by atoms with Crippen LogP contribution in [-0.2, 0) is 9.53 Å².